The highest BCUT2D eigenvalue weighted by molar-refractivity contribution is 5.84. The Balaban J connectivity index is 2.04. The second kappa shape index (κ2) is 7.93. The van der Waals surface area contributed by atoms with Crippen LogP contribution < -0.4 is 5.32 Å². The van der Waals surface area contributed by atoms with Crippen LogP contribution >= 0.6 is 0 Å². The highest BCUT2D eigenvalue weighted by Gasteiger charge is 2.21. The summed E-state index contributed by atoms with van der Waals surface area (Å²) in [5.41, 5.74) is 1.78. The average Bonchev–Trinajstić information content (AvgIpc) is 2.55. The molecule has 5 nitrogen and oxygen atoms in total. The monoisotopic (exact) mass is 298 g/mol. The first kappa shape index (κ1) is 15.7. The molecule has 0 aliphatic carbocycles. The van der Waals surface area contributed by atoms with E-state index in [1.807, 2.05) is 42.5 Å². The van der Waals surface area contributed by atoms with Gasteiger partial charge in [0, 0.05) is 25.9 Å². The topological polar surface area (TPSA) is 68.3 Å². The molecule has 1 amide bonds. The van der Waals surface area contributed by atoms with E-state index in [2.05, 4.69) is 10.3 Å². The van der Waals surface area contributed by atoms with Gasteiger partial charge in [0.25, 0.3) is 0 Å². The van der Waals surface area contributed by atoms with Gasteiger partial charge in [-0.2, -0.15) is 0 Å². The van der Waals surface area contributed by atoms with Gasteiger partial charge in [0.15, 0.2) is 0 Å². The number of benzene rings is 1. The van der Waals surface area contributed by atoms with Crippen LogP contribution in [0.4, 0.5) is 0 Å². The average molecular weight is 298 g/mol. The summed E-state index contributed by atoms with van der Waals surface area (Å²) in [5.74, 6) is -1.10. The first-order valence-electron chi connectivity index (χ1n) is 7.01. The van der Waals surface area contributed by atoms with Crippen LogP contribution in [0.2, 0.25) is 0 Å². The van der Waals surface area contributed by atoms with Gasteiger partial charge in [0.1, 0.15) is 6.61 Å². The first-order valence-corrected chi connectivity index (χ1v) is 7.01. The number of pyridine rings is 1. The van der Waals surface area contributed by atoms with Crippen molar-refractivity contribution < 1.29 is 14.3 Å². The number of carbonyl (C=O) groups is 2. The van der Waals surface area contributed by atoms with Gasteiger partial charge >= 0.3 is 5.97 Å². The number of aromatic nitrogens is 1. The van der Waals surface area contributed by atoms with Crippen molar-refractivity contribution in [1.82, 2.24) is 10.3 Å². The summed E-state index contributed by atoms with van der Waals surface area (Å²) < 4.78 is 5.02. The largest absolute Gasteiger partial charge is 0.465 e. The van der Waals surface area contributed by atoms with E-state index in [1.165, 1.54) is 6.92 Å². The SMILES string of the molecule is CC(=O)OCC(C(=O)NCc1ccncc1)c1ccccc1. The van der Waals surface area contributed by atoms with Crippen LogP contribution in [0, 0.1) is 0 Å². The van der Waals surface area contributed by atoms with Crippen molar-refractivity contribution in [3.8, 4) is 0 Å². The number of nitrogens with one attached hydrogen (secondary N) is 1. The molecule has 2 rings (SSSR count). The van der Waals surface area contributed by atoms with E-state index in [0.717, 1.165) is 11.1 Å². The lowest BCUT2D eigenvalue weighted by atomic mass is 9.99. The van der Waals surface area contributed by atoms with Crippen molar-refractivity contribution >= 4 is 11.9 Å². The molecule has 22 heavy (non-hydrogen) atoms. The van der Waals surface area contributed by atoms with Gasteiger partial charge in [-0.1, -0.05) is 30.3 Å². The number of esters is 1. The Kier molecular flexibility index (Phi) is 5.65. The van der Waals surface area contributed by atoms with Gasteiger partial charge < -0.3 is 10.1 Å². The highest BCUT2D eigenvalue weighted by Crippen LogP contribution is 2.16. The zero-order chi connectivity index (χ0) is 15.8. The second-order valence-corrected chi connectivity index (χ2v) is 4.84. The maximum atomic E-state index is 12.4. The Bertz CT molecular complexity index is 614. The third kappa shape index (κ3) is 4.70. The lowest BCUT2D eigenvalue weighted by Gasteiger charge is -2.17. The standard InChI is InChI=1S/C17H18N2O3/c1-13(20)22-12-16(15-5-3-2-4-6-15)17(21)19-11-14-7-9-18-10-8-14/h2-10,16H,11-12H2,1H3,(H,19,21). The molecule has 1 atom stereocenters. The lowest BCUT2D eigenvalue weighted by Crippen LogP contribution is -2.32. The molecule has 1 heterocycles. The van der Waals surface area contributed by atoms with Crippen LogP contribution in [0.5, 0.6) is 0 Å². The van der Waals surface area contributed by atoms with Crippen molar-refractivity contribution in [2.24, 2.45) is 0 Å². The number of hydrogen-bond donors (Lipinski definition) is 1. The second-order valence-electron chi connectivity index (χ2n) is 4.84. The van der Waals surface area contributed by atoms with Crippen LogP contribution in [0.3, 0.4) is 0 Å². The van der Waals surface area contributed by atoms with E-state index in [4.69, 9.17) is 4.74 Å². The predicted molar refractivity (Wildman–Crippen MR) is 81.9 cm³/mol. The Morgan fingerprint density at radius 2 is 1.82 bits per heavy atom. The fraction of sp³-hybridized carbons (Fsp3) is 0.235. The van der Waals surface area contributed by atoms with E-state index < -0.39 is 11.9 Å². The minimum absolute atomic E-state index is 0.0293. The summed E-state index contributed by atoms with van der Waals surface area (Å²) in [6.07, 6.45) is 3.35. The molecule has 114 valence electrons. The Morgan fingerprint density at radius 1 is 1.14 bits per heavy atom. The van der Waals surface area contributed by atoms with Gasteiger partial charge in [-0.25, -0.2) is 0 Å². The summed E-state index contributed by atoms with van der Waals surface area (Å²) in [6, 6.07) is 13.0. The minimum Gasteiger partial charge on any atom is -0.465 e. The van der Waals surface area contributed by atoms with Crippen molar-refractivity contribution in [3.63, 3.8) is 0 Å². The number of amides is 1. The molecular weight excluding hydrogens is 280 g/mol. The first-order chi connectivity index (χ1) is 10.7. The van der Waals surface area contributed by atoms with E-state index in [9.17, 15) is 9.59 Å². The van der Waals surface area contributed by atoms with Crippen molar-refractivity contribution in [2.45, 2.75) is 19.4 Å². The number of carbonyl (C=O) groups excluding carboxylic acids is 2. The van der Waals surface area contributed by atoms with Crippen molar-refractivity contribution in [1.29, 1.82) is 0 Å². The highest BCUT2D eigenvalue weighted by atomic mass is 16.5. The molecule has 0 bridgehead atoms. The molecule has 0 saturated carbocycles. The quantitative estimate of drug-likeness (QED) is 0.829. The number of ether oxygens (including phenoxy) is 1. The molecule has 0 spiro atoms. The minimum atomic E-state index is -0.521. The van der Waals surface area contributed by atoms with Gasteiger partial charge in [0.05, 0.1) is 5.92 Å². The number of rotatable bonds is 6. The smallest absolute Gasteiger partial charge is 0.302 e. The fourth-order valence-corrected chi connectivity index (χ4v) is 2.02. The zero-order valence-electron chi connectivity index (χ0n) is 12.4. The molecular formula is C17H18N2O3. The van der Waals surface area contributed by atoms with E-state index in [1.54, 1.807) is 12.4 Å². The summed E-state index contributed by atoms with van der Waals surface area (Å²) in [5, 5.41) is 2.86. The molecule has 5 heteroatoms. The van der Waals surface area contributed by atoms with Crippen molar-refractivity contribution in [2.75, 3.05) is 6.61 Å². The molecule has 0 saturated heterocycles. The molecule has 0 aliphatic heterocycles. The number of nitrogens with zero attached hydrogens (tertiary/aromatic N) is 1. The molecule has 0 fully saturated rings. The maximum absolute atomic E-state index is 12.4. The van der Waals surface area contributed by atoms with E-state index in [-0.39, 0.29) is 12.5 Å². The summed E-state index contributed by atoms with van der Waals surface area (Å²) in [6.45, 7) is 1.77. The summed E-state index contributed by atoms with van der Waals surface area (Å²) in [4.78, 5) is 27.4. The summed E-state index contributed by atoms with van der Waals surface area (Å²) >= 11 is 0. The summed E-state index contributed by atoms with van der Waals surface area (Å²) in [7, 11) is 0. The molecule has 2 aromatic rings. The van der Waals surface area contributed by atoms with Gasteiger partial charge in [-0.3, -0.25) is 14.6 Å². The Labute approximate surface area is 129 Å². The van der Waals surface area contributed by atoms with Crippen LogP contribution in [-0.4, -0.2) is 23.5 Å². The van der Waals surface area contributed by atoms with E-state index >= 15 is 0 Å². The molecule has 0 radical (unpaired) electrons. The molecule has 1 aromatic heterocycles. The lowest BCUT2D eigenvalue weighted by molar-refractivity contribution is -0.142. The fourth-order valence-electron chi connectivity index (χ4n) is 2.02. The molecule has 1 aromatic carbocycles. The predicted octanol–water partition coefficient (Wildman–Crippen LogP) is 2.04. The van der Waals surface area contributed by atoms with E-state index in [0.29, 0.717) is 6.54 Å². The Hall–Kier alpha value is -2.69. The molecule has 1 N–H and O–H groups in total. The zero-order valence-corrected chi connectivity index (χ0v) is 12.4. The van der Waals surface area contributed by atoms with Gasteiger partial charge in [-0.05, 0) is 23.3 Å². The van der Waals surface area contributed by atoms with Crippen LogP contribution in [-0.2, 0) is 20.9 Å². The third-order valence-electron chi connectivity index (χ3n) is 3.19. The maximum Gasteiger partial charge on any atom is 0.302 e. The van der Waals surface area contributed by atoms with Crippen LogP contribution in [0.25, 0.3) is 0 Å². The van der Waals surface area contributed by atoms with Crippen LogP contribution in [0.15, 0.2) is 54.9 Å². The van der Waals surface area contributed by atoms with Gasteiger partial charge in [0.2, 0.25) is 5.91 Å². The van der Waals surface area contributed by atoms with Crippen molar-refractivity contribution in [3.05, 3.63) is 66.0 Å². The third-order valence-corrected chi connectivity index (χ3v) is 3.19. The number of hydrogen-bond acceptors (Lipinski definition) is 4. The van der Waals surface area contributed by atoms with Gasteiger partial charge in [-0.15, -0.1) is 0 Å². The Morgan fingerprint density at radius 3 is 2.45 bits per heavy atom. The molecule has 0 aliphatic rings. The van der Waals surface area contributed by atoms with Crippen LogP contribution in [0.1, 0.15) is 24.0 Å². The molecule has 1 unspecified atom stereocenters. The normalized spacial score (nSPS) is 11.5.